The summed E-state index contributed by atoms with van der Waals surface area (Å²) in [5.41, 5.74) is 0.690. The number of fused-ring (bicyclic) bond motifs is 1. The van der Waals surface area contributed by atoms with E-state index in [0.717, 1.165) is 16.7 Å². The topological polar surface area (TPSA) is 79.5 Å². The molecule has 0 aliphatic carbocycles. The molecule has 1 atom stereocenters. The van der Waals surface area contributed by atoms with Crippen molar-refractivity contribution in [1.82, 2.24) is 4.72 Å². The van der Waals surface area contributed by atoms with Crippen molar-refractivity contribution < 1.29 is 17.9 Å². The number of nitrogens with one attached hydrogen (secondary N) is 1. The maximum Gasteiger partial charge on any atom is 0.250 e. The molecule has 1 aromatic carbocycles. The average molecular weight is 372 g/mol. The lowest BCUT2D eigenvalue weighted by molar-refractivity contribution is 0.144. The largest absolute Gasteiger partial charge is 0.458 e. The fourth-order valence-electron chi connectivity index (χ4n) is 2.15. The number of hydrogen-bond donors (Lipinski definition) is 2. The number of hydrogen-bond acceptors (Lipinski definition) is 5. The zero-order chi connectivity index (χ0) is 16.4. The molecule has 8 heteroatoms. The molecule has 0 radical (unpaired) electrons. The summed E-state index contributed by atoms with van der Waals surface area (Å²) in [6.45, 7) is 0.0933. The minimum absolute atomic E-state index is 0.0933. The first-order valence-electron chi connectivity index (χ1n) is 6.87. The highest BCUT2D eigenvalue weighted by Crippen LogP contribution is 2.27. The van der Waals surface area contributed by atoms with Gasteiger partial charge >= 0.3 is 0 Å². The van der Waals surface area contributed by atoms with Crippen LogP contribution in [-0.2, 0) is 10.0 Å². The Hall–Kier alpha value is -1.38. The highest BCUT2D eigenvalue weighted by molar-refractivity contribution is 7.91. The third kappa shape index (κ3) is 3.76. The Labute approximate surface area is 142 Å². The lowest BCUT2D eigenvalue weighted by Gasteiger charge is -2.08. The average Bonchev–Trinajstić information content (AvgIpc) is 3.13. The standard InChI is InChI=1S/C15H14ClNO4S2/c16-14-5-6-15(22-14)23(19,20)17-8-7-11(18)13-9-10-3-1-2-4-12(10)21-13/h1-6,9,11,17-18H,7-8H2/t11-/m0/s1. The van der Waals surface area contributed by atoms with Gasteiger partial charge in [-0.1, -0.05) is 29.8 Å². The van der Waals surface area contributed by atoms with Crippen LogP contribution in [0.2, 0.25) is 4.34 Å². The number of sulfonamides is 1. The SMILES string of the molecule is O=S(=O)(NCC[C@H](O)c1cc2ccccc2o1)c1ccc(Cl)s1. The maximum absolute atomic E-state index is 12.0. The van der Waals surface area contributed by atoms with Crippen LogP contribution in [0.3, 0.4) is 0 Å². The van der Waals surface area contributed by atoms with Crippen molar-refractivity contribution in [2.75, 3.05) is 6.54 Å². The molecular formula is C15H14ClNO4S2. The molecule has 3 rings (SSSR count). The van der Waals surface area contributed by atoms with Crippen molar-refractivity contribution in [3.8, 4) is 0 Å². The Morgan fingerprint density at radius 3 is 2.74 bits per heavy atom. The second kappa shape index (κ2) is 6.62. The number of thiophene rings is 1. The molecule has 2 N–H and O–H groups in total. The summed E-state index contributed by atoms with van der Waals surface area (Å²) in [5, 5.41) is 11.0. The third-order valence-electron chi connectivity index (χ3n) is 3.30. The van der Waals surface area contributed by atoms with Gasteiger partial charge in [-0.2, -0.15) is 0 Å². The van der Waals surface area contributed by atoms with E-state index in [1.54, 1.807) is 6.07 Å². The van der Waals surface area contributed by atoms with E-state index < -0.39 is 16.1 Å². The first-order valence-corrected chi connectivity index (χ1v) is 9.55. The van der Waals surface area contributed by atoms with E-state index in [2.05, 4.69) is 4.72 Å². The van der Waals surface area contributed by atoms with E-state index >= 15 is 0 Å². The van der Waals surface area contributed by atoms with Crippen LogP contribution in [0.15, 0.2) is 51.1 Å². The number of para-hydroxylation sites is 1. The monoisotopic (exact) mass is 371 g/mol. The molecule has 0 amide bonds. The Morgan fingerprint density at radius 2 is 2.04 bits per heavy atom. The molecule has 0 aliphatic rings. The van der Waals surface area contributed by atoms with Crippen molar-refractivity contribution in [3.63, 3.8) is 0 Å². The van der Waals surface area contributed by atoms with Crippen LogP contribution in [-0.4, -0.2) is 20.1 Å². The number of rotatable bonds is 6. The highest BCUT2D eigenvalue weighted by atomic mass is 35.5. The highest BCUT2D eigenvalue weighted by Gasteiger charge is 2.18. The molecule has 0 spiro atoms. The predicted molar refractivity (Wildman–Crippen MR) is 90.3 cm³/mol. The van der Waals surface area contributed by atoms with Gasteiger partial charge in [-0.15, -0.1) is 11.3 Å². The summed E-state index contributed by atoms with van der Waals surface area (Å²) in [6, 6.07) is 12.2. The van der Waals surface area contributed by atoms with Gasteiger partial charge in [0.15, 0.2) is 0 Å². The zero-order valence-electron chi connectivity index (χ0n) is 11.9. The maximum atomic E-state index is 12.0. The smallest absolute Gasteiger partial charge is 0.250 e. The fourth-order valence-corrected chi connectivity index (χ4v) is 4.73. The van der Waals surface area contributed by atoms with Crippen molar-refractivity contribution in [1.29, 1.82) is 0 Å². The van der Waals surface area contributed by atoms with Crippen LogP contribution < -0.4 is 4.72 Å². The van der Waals surface area contributed by atoms with E-state index in [-0.39, 0.29) is 17.2 Å². The fraction of sp³-hybridized carbons (Fsp3) is 0.200. The van der Waals surface area contributed by atoms with E-state index in [1.165, 1.54) is 12.1 Å². The molecule has 122 valence electrons. The van der Waals surface area contributed by atoms with Crippen LogP contribution in [0.4, 0.5) is 0 Å². The van der Waals surface area contributed by atoms with Crippen LogP contribution in [0, 0.1) is 0 Å². The van der Waals surface area contributed by atoms with Crippen molar-refractivity contribution in [3.05, 3.63) is 52.6 Å². The number of aliphatic hydroxyl groups excluding tert-OH is 1. The van der Waals surface area contributed by atoms with Crippen LogP contribution in [0.5, 0.6) is 0 Å². The Balaban J connectivity index is 1.61. The molecule has 0 aliphatic heterocycles. The third-order valence-corrected chi connectivity index (χ3v) is 6.48. The van der Waals surface area contributed by atoms with E-state index in [1.807, 2.05) is 24.3 Å². The molecule has 0 bridgehead atoms. The van der Waals surface area contributed by atoms with Crippen molar-refractivity contribution in [2.24, 2.45) is 0 Å². The molecule has 2 heterocycles. The molecule has 2 aromatic heterocycles. The van der Waals surface area contributed by atoms with Crippen molar-refractivity contribution >= 4 is 43.9 Å². The molecule has 0 fully saturated rings. The normalized spacial score (nSPS) is 13.5. The second-order valence-electron chi connectivity index (χ2n) is 4.95. The minimum atomic E-state index is -3.60. The number of benzene rings is 1. The Kier molecular flexibility index (Phi) is 4.74. The summed E-state index contributed by atoms with van der Waals surface area (Å²) in [5.74, 6) is 0.421. The summed E-state index contributed by atoms with van der Waals surface area (Å²) >= 11 is 6.73. The molecule has 0 unspecified atom stereocenters. The predicted octanol–water partition coefficient (Wildman–Crippen LogP) is 3.55. The molecule has 0 saturated heterocycles. The molecule has 23 heavy (non-hydrogen) atoms. The van der Waals surface area contributed by atoms with Gasteiger partial charge in [0.2, 0.25) is 10.0 Å². The van der Waals surface area contributed by atoms with Gasteiger partial charge in [-0.05, 0) is 30.7 Å². The van der Waals surface area contributed by atoms with E-state index in [9.17, 15) is 13.5 Å². The summed E-state index contributed by atoms with van der Waals surface area (Å²) in [7, 11) is -3.60. The minimum Gasteiger partial charge on any atom is -0.458 e. The van der Waals surface area contributed by atoms with E-state index in [4.69, 9.17) is 16.0 Å². The number of aliphatic hydroxyl groups is 1. The second-order valence-corrected chi connectivity index (χ2v) is 8.66. The first kappa shape index (κ1) is 16.5. The van der Waals surface area contributed by atoms with Crippen molar-refractivity contribution in [2.45, 2.75) is 16.7 Å². The molecular weight excluding hydrogens is 358 g/mol. The van der Waals surface area contributed by atoms with Gasteiger partial charge < -0.3 is 9.52 Å². The lowest BCUT2D eigenvalue weighted by Crippen LogP contribution is -2.25. The van der Waals surface area contributed by atoms with Gasteiger partial charge in [0.25, 0.3) is 0 Å². The van der Waals surface area contributed by atoms with Gasteiger partial charge in [0.1, 0.15) is 21.7 Å². The molecule has 3 aromatic rings. The summed E-state index contributed by atoms with van der Waals surface area (Å²) in [6.07, 6.45) is -0.671. The number of halogens is 1. The summed E-state index contributed by atoms with van der Waals surface area (Å²) in [4.78, 5) is 0. The quantitative estimate of drug-likeness (QED) is 0.694. The molecule has 0 saturated carbocycles. The Morgan fingerprint density at radius 1 is 1.26 bits per heavy atom. The van der Waals surface area contributed by atoms with Crippen LogP contribution in [0.1, 0.15) is 18.3 Å². The van der Waals surface area contributed by atoms with Crippen LogP contribution in [0.25, 0.3) is 11.0 Å². The number of furan rings is 1. The van der Waals surface area contributed by atoms with Gasteiger partial charge in [0, 0.05) is 11.9 Å². The van der Waals surface area contributed by atoms with Gasteiger partial charge in [-0.25, -0.2) is 13.1 Å². The first-order chi connectivity index (χ1) is 11.0. The van der Waals surface area contributed by atoms with Crippen LogP contribution >= 0.6 is 22.9 Å². The zero-order valence-corrected chi connectivity index (χ0v) is 14.3. The van der Waals surface area contributed by atoms with E-state index in [0.29, 0.717) is 15.7 Å². The molecule has 5 nitrogen and oxygen atoms in total. The lowest BCUT2D eigenvalue weighted by atomic mass is 10.2. The van der Waals surface area contributed by atoms with Gasteiger partial charge in [-0.3, -0.25) is 0 Å². The Bertz CT molecular complexity index is 883. The summed E-state index contributed by atoms with van der Waals surface area (Å²) < 4.78 is 32.6. The van der Waals surface area contributed by atoms with Gasteiger partial charge in [0.05, 0.1) is 4.34 Å².